The number of hydrogen-bond donors (Lipinski definition) is 0. The Morgan fingerprint density at radius 3 is 2.29 bits per heavy atom. The monoisotopic (exact) mass is 97.1 g/mol. The summed E-state index contributed by atoms with van der Waals surface area (Å²) in [6, 6.07) is 0. The van der Waals surface area contributed by atoms with Crippen LogP contribution >= 0.6 is 0 Å². The molecule has 0 spiro atoms. The molecule has 0 atom stereocenters. The topological polar surface area (TPSA) is 0 Å². The predicted octanol–water partition coefficient (Wildman–Crippen LogP) is 2.57. The molecule has 0 heteroatoms. The maximum atomic E-state index is 2.16. The van der Waals surface area contributed by atoms with Gasteiger partial charge >= 0.3 is 0 Å². The summed E-state index contributed by atoms with van der Waals surface area (Å²) in [6.07, 6.45) is 5.38. The molecule has 0 aromatic carbocycles. The van der Waals surface area contributed by atoms with E-state index in [2.05, 4.69) is 26.0 Å². The standard InChI is InChI=1S/C7H13/c1-4-6-7(3)5-2/h4,6H,5H2,1-3H3/q-1/b6-4+. The highest BCUT2D eigenvalue weighted by atomic mass is 13.9. The van der Waals surface area contributed by atoms with Crippen molar-refractivity contribution in [1.29, 1.82) is 0 Å². The second kappa shape index (κ2) is 3.79. The quantitative estimate of drug-likeness (QED) is 0.464. The van der Waals surface area contributed by atoms with Crippen molar-refractivity contribution in [1.82, 2.24) is 0 Å². The lowest BCUT2D eigenvalue weighted by molar-refractivity contribution is 0.984. The molecule has 0 aliphatic rings. The fourth-order valence-corrected chi connectivity index (χ4v) is 0.402. The molecule has 0 aliphatic carbocycles. The van der Waals surface area contributed by atoms with Gasteiger partial charge in [0.15, 0.2) is 0 Å². The van der Waals surface area contributed by atoms with E-state index in [1.165, 1.54) is 12.3 Å². The van der Waals surface area contributed by atoms with Crippen LogP contribution in [0.1, 0.15) is 27.2 Å². The molecule has 0 amide bonds. The average molecular weight is 97.2 g/mol. The molecule has 0 saturated heterocycles. The summed E-state index contributed by atoms with van der Waals surface area (Å²) in [5.41, 5.74) is 0. The van der Waals surface area contributed by atoms with Crippen LogP contribution in [0.15, 0.2) is 12.2 Å². The SMILES string of the molecule is C/C=C/[C-](C)CC. The molecule has 0 fully saturated rings. The van der Waals surface area contributed by atoms with Gasteiger partial charge in [-0.2, -0.15) is 0 Å². The van der Waals surface area contributed by atoms with Crippen molar-refractivity contribution in [3.8, 4) is 0 Å². The summed E-state index contributed by atoms with van der Waals surface area (Å²) in [7, 11) is 0. The first-order valence-electron chi connectivity index (χ1n) is 2.76. The Labute approximate surface area is 46.2 Å². The molecule has 0 unspecified atom stereocenters. The highest BCUT2D eigenvalue weighted by Gasteiger charge is 1.73. The van der Waals surface area contributed by atoms with Crippen LogP contribution in [0.3, 0.4) is 0 Å². The molecule has 0 N–H and O–H groups in total. The van der Waals surface area contributed by atoms with Crippen molar-refractivity contribution in [2.75, 3.05) is 0 Å². The third-order valence-corrected chi connectivity index (χ3v) is 1.01. The third-order valence-electron chi connectivity index (χ3n) is 1.01. The van der Waals surface area contributed by atoms with Crippen LogP contribution in [-0.4, -0.2) is 0 Å². The van der Waals surface area contributed by atoms with E-state index in [9.17, 15) is 0 Å². The van der Waals surface area contributed by atoms with Gasteiger partial charge in [-0.3, -0.25) is 0 Å². The lowest BCUT2D eigenvalue weighted by atomic mass is 10.1. The highest BCUT2D eigenvalue weighted by Crippen LogP contribution is 2.03. The summed E-state index contributed by atoms with van der Waals surface area (Å²) in [6.45, 7) is 6.34. The molecule has 0 aliphatic heterocycles. The Kier molecular flexibility index (Phi) is 3.58. The minimum absolute atomic E-state index is 1.17. The fourth-order valence-electron chi connectivity index (χ4n) is 0.402. The van der Waals surface area contributed by atoms with E-state index in [0.29, 0.717) is 0 Å². The van der Waals surface area contributed by atoms with Crippen LogP contribution in [0.4, 0.5) is 0 Å². The van der Waals surface area contributed by atoms with E-state index >= 15 is 0 Å². The molecule has 7 heavy (non-hydrogen) atoms. The molecule has 0 saturated carbocycles. The van der Waals surface area contributed by atoms with E-state index < -0.39 is 0 Å². The second-order valence-electron chi connectivity index (χ2n) is 1.70. The molecular weight excluding hydrogens is 84.1 g/mol. The maximum Gasteiger partial charge on any atom is -0.0770 e. The zero-order valence-electron chi connectivity index (χ0n) is 5.36. The average Bonchev–Trinajstić information content (AvgIpc) is 1.68. The van der Waals surface area contributed by atoms with Crippen LogP contribution in [0, 0.1) is 5.92 Å². The molecule has 42 valence electrons. The lowest BCUT2D eigenvalue weighted by Crippen LogP contribution is -1.78. The molecular formula is C7H13-. The van der Waals surface area contributed by atoms with Gasteiger partial charge in [0.05, 0.1) is 0 Å². The number of rotatable bonds is 2. The van der Waals surface area contributed by atoms with Crippen LogP contribution in [-0.2, 0) is 0 Å². The fraction of sp³-hybridized carbons (Fsp3) is 0.571. The first kappa shape index (κ1) is 6.61. The molecule has 0 radical (unpaired) electrons. The summed E-state index contributed by atoms with van der Waals surface area (Å²) < 4.78 is 0. The van der Waals surface area contributed by atoms with E-state index in [0.717, 1.165) is 0 Å². The summed E-state index contributed by atoms with van der Waals surface area (Å²) in [5.74, 6) is 1.45. The molecule has 0 nitrogen and oxygen atoms in total. The predicted molar refractivity (Wildman–Crippen MR) is 34.0 cm³/mol. The van der Waals surface area contributed by atoms with Crippen LogP contribution < -0.4 is 0 Å². The molecule has 0 bridgehead atoms. The van der Waals surface area contributed by atoms with Crippen LogP contribution in [0.2, 0.25) is 0 Å². The Balaban J connectivity index is 3.16. The number of allylic oxidation sites excluding steroid dienone is 2. The highest BCUT2D eigenvalue weighted by molar-refractivity contribution is 5.04. The van der Waals surface area contributed by atoms with Crippen molar-refractivity contribution in [3.05, 3.63) is 18.1 Å². The van der Waals surface area contributed by atoms with Crippen molar-refractivity contribution in [2.45, 2.75) is 27.2 Å². The molecule has 0 rings (SSSR count). The normalized spacial score (nSPS) is 10.1. The maximum absolute atomic E-state index is 2.16. The van der Waals surface area contributed by atoms with Gasteiger partial charge in [0.1, 0.15) is 0 Å². The van der Waals surface area contributed by atoms with E-state index in [-0.39, 0.29) is 0 Å². The zero-order valence-corrected chi connectivity index (χ0v) is 5.36. The Hall–Kier alpha value is -0.390. The van der Waals surface area contributed by atoms with Crippen LogP contribution in [0.25, 0.3) is 0 Å². The Morgan fingerprint density at radius 1 is 1.57 bits per heavy atom. The minimum atomic E-state index is 1.17. The number of hydrogen-bond acceptors (Lipinski definition) is 0. The van der Waals surface area contributed by atoms with Gasteiger partial charge in [0.2, 0.25) is 0 Å². The Bertz CT molecular complexity index is 53.1. The summed E-state index contributed by atoms with van der Waals surface area (Å²) in [5, 5.41) is 0. The smallest absolute Gasteiger partial charge is 0.0770 e. The van der Waals surface area contributed by atoms with Crippen molar-refractivity contribution in [2.24, 2.45) is 0 Å². The Morgan fingerprint density at radius 2 is 2.14 bits per heavy atom. The third kappa shape index (κ3) is 3.44. The van der Waals surface area contributed by atoms with Gasteiger partial charge in [-0.05, 0) is 0 Å². The van der Waals surface area contributed by atoms with E-state index in [1.807, 2.05) is 6.92 Å². The van der Waals surface area contributed by atoms with Gasteiger partial charge < -0.3 is 0 Å². The van der Waals surface area contributed by atoms with Crippen LogP contribution in [0.5, 0.6) is 0 Å². The van der Waals surface area contributed by atoms with E-state index in [4.69, 9.17) is 0 Å². The van der Waals surface area contributed by atoms with Gasteiger partial charge in [-0.15, -0.1) is 20.3 Å². The lowest BCUT2D eigenvalue weighted by Gasteiger charge is -2.08. The first-order valence-corrected chi connectivity index (χ1v) is 2.76. The molecule has 0 heterocycles. The van der Waals surface area contributed by atoms with Gasteiger partial charge in [-0.25, -0.2) is 18.1 Å². The van der Waals surface area contributed by atoms with Crippen molar-refractivity contribution < 1.29 is 0 Å². The molecule has 0 aromatic rings. The first-order chi connectivity index (χ1) is 3.31. The zero-order chi connectivity index (χ0) is 5.70. The van der Waals surface area contributed by atoms with Crippen molar-refractivity contribution >= 4 is 0 Å². The van der Waals surface area contributed by atoms with Gasteiger partial charge in [0, 0.05) is 0 Å². The summed E-state index contributed by atoms with van der Waals surface area (Å²) >= 11 is 0. The van der Waals surface area contributed by atoms with Crippen molar-refractivity contribution in [3.63, 3.8) is 0 Å². The van der Waals surface area contributed by atoms with Gasteiger partial charge in [-0.1, -0.05) is 6.92 Å². The second-order valence-corrected chi connectivity index (χ2v) is 1.70. The molecule has 0 aromatic heterocycles. The largest absolute Gasteiger partial charge is 0.233 e. The van der Waals surface area contributed by atoms with Gasteiger partial charge in [0.25, 0.3) is 0 Å². The minimum Gasteiger partial charge on any atom is -0.233 e. The van der Waals surface area contributed by atoms with E-state index in [1.54, 1.807) is 0 Å². The summed E-state index contributed by atoms with van der Waals surface area (Å²) in [4.78, 5) is 0.